The summed E-state index contributed by atoms with van der Waals surface area (Å²) in [4.78, 5) is 30.2. The number of benzene rings is 2. The first-order chi connectivity index (χ1) is 16.9. The third-order valence-electron chi connectivity index (χ3n) is 7.36. The SMILES string of the molecule is Nc1ccccc1N1C(=O)[C@H]2C(c3cc(Cl)cs3)C(C(=O)Nc3cccc(Cl)c3)C21NCC1CC1. The van der Waals surface area contributed by atoms with Crippen molar-refractivity contribution in [2.45, 2.75) is 24.4 Å². The summed E-state index contributed by atoms with van der Waals surface area (Å²) in [5, 5.41) is 9.70. The number of nitrogen functional groups attached to an aromatic ring is 1. The maximum atomic E-state index is 13.9. The molecule has 2 saturated carbocycles. The minimum absolute atomic E-state index is 0.0347. The molecule has 4 atom stereocenters. The highest BCUT2D eigenvalue weighted by molar-refractivity contribution is 7.10. The van der Waals surface area contributed by atoms with Gasteiger partial charge in [-0.1, -0.05) is 41.4 Å². The molecule has 3 aromatic rings. The van der Waals surface area contributed by atoms with Gasteiger partial charge in [-0.2, -0.15) is 0 Å². The highest BCUT2D eigenvalue weighted by Gasteiger charge is 2.79. The van der Waals surface area contributed by atoms with Crippen LogP contribution in [0.15, 0.2) is 60.0 Å². The van der Waals surface area contributed by atoms with Crippen molar-refractivity contribution in [2.24, 2.45) is 17.8 Å². The minimum Gasteiger partial charge on any atom is -0.397 e. The number of halogens is 2. The minimum atomic E-state index is -0.862. The molecule has 180 valence electrons. The zero-order valence-electron chi connectivity index (χ0n) is 18.7. The molecule has 2 heterocycles. The molecule has 3 unspecified atom stereocenters. The van der Waals surface area contributed by atoms with Crippen molar-refractivity contribution >= 4 is 63.4 Å². The van der Waals surface area contributed by atoms with Crippen LogP contribution in [0.3, 0.4) is 0 Å². The molecule has 1 aliphatic heterocycles. The highest BCUT2D eigenvalue weighted by atomic mass is 35.5. The number of nitrogens with zero attached hydrogens (tertiary/aromatic N) is 1. The van der Waals surface area contributed by atoms with Crippen molar-refractivity contribution in [2.75, 3.05) is 22.5 Å². The van der Waals surface area contributed by atoms with Gasteiger partial charge in [-0.25, -0.2) is 0 Å². The molecule has 6 nitrogen and oxygen atoms in total. The normalized spacial score (nSPS) is 27.1. The quantitative estimate of drug-likeness (QED) is 0.286. The van der Waals surface area contributed by atoms with E-state index in [4.69, 9.17) is 28.9 Å². The van der Waals surface area contributed by atoms with Gasteiger partial charge in [0.1, 0.15) is 5.66 Å². The van der Waals surface area contributed by atoms with Crippen LogP contribution in [0.1, 0.15) is 23.6 Å². The number of carbonyl (C=O) groups is 2. The number of hydrogen-bond acceptors (Lipinski definition) is 5. The number of nitrogens with two attached hydrogens (primary N) is 1. The van der Waals surface area contributed by atoms with Gasteiger partial charge in [0, 0.05) is 33.4 Å². The molecule has 3 fully saturated rings. The molecule has 3 aliphatic rings. The number of rotatable bonds is 7. The van der Waals surface area contributed by atoms with E-state index in [0.29, 0.717) is 33.0 Å². The summed E-state index contributed by atoms with van der Waals surface area (Å²) < 4.78 is 0. The second kappa shape index (κ2) is 8.52. The first-order valence-electron chi connectivity index (χ1n) is 11.6. The number of para-hydroxylation sites is 2. The number of hydrogen-bond donors (Lipinski definition) is 3. The topological polar surface area (TPSA) is 87.5 Å². The Balaban J connectivity index is 1.43. The third-order valence-corrected chi connectivity index (χ3v) is 8.98. The van der Waals surface area contributed by atoms with Crippen LogP contribution in [0, 0.1) is 17.8 Å². The van der Waals surface area contributed by atoms with Gasteiger partial charge in [-0.3, -0.25) is 19.8 Å². The van der Waals surface area contributed by atoms with Crippen molar-refractivity contribution in [3.8, 4) is 0 Å². The molecule has 0 bridgehead atoms. The lowest BCUT2D eigenvalue weighted by atomic mass is 9.48. The summed E-state index contributed by atoms with van der Waals surface area (Å²) in [6, 6.07) is 16.3. The van der Waals surface area contributed by atoms with Crippen LogP contribution in [-0.2, 0) is 9.59 Å². The number of thiophene rings is 1. The summed E-state index contributed by atoms with van der Waals surface area (Å²) in [6.45, 7) is 0.742. The monoisotopic (exact) mass is 526 g/mol. The van der Waals surface area contributed by atoms with E-state index in [-0.39, 0.29) is 23.7 Å². The zero-order valence-corrected chi connectivity index (χ0v) is 21.0. The van der Waals surface area contributed by atoms with Gasteiger partial charge in [-0.05, 0) is 55.2 Å². The molecule has 0 radical (unpaired) electrons. The Kier molecular flexibility index (Phi) is 5.56. The number of piperidine rings is 1. The van der Waals surface area contributed by atoms with Crippen LogP contribution in [0.25, 0.3) is 0 Å². The Morgan fingerprint density at radius 2 is 1.91 bits per heavy atom. The smallest absolute Gasteiger partial charge is 0.236 e. The predicted octanol–water partition coefficient (Wildman–Crippen LogP) is 5.35. The Morgan fingerprint density at radius 1 is 1.11 bits per heavy atom. The number of β-lactam (4-membered cyclic amide) rings is 1. The fraction of sp³-hybridized carbons (Fsp3) is 0.308. The van der Waals surface area contributed by atoms with E-state index < -0.39 is 11.6 Å². The molecule has 4 N–H and O–H groups in total. The van der Waals surface area contributed by atoms with E-state index in [1.165, 1.54) is 11.3 Å². The van der Waals surface area contributed by atoms with E-state index in [1.807, 2.05) is 29.6 Å². The van der Waals surface area contributed by atoms with Crippen LogP contribution >= 0.6 is 34.5 Å². The van der Waals surface area contributed by atoms with Crippen molar-refractivity contribution in [1.29, 1.82) is 0 Å². The van der Waals surface area contributed by atoms with Gasteiger partial charge in [0.15, 0.2) is 0 Å². The second-order valence-electron chi connectivity index (χ2n) is 9.53. The molecule has 2 aromatic carbocycles. The van der Waals surface area contributed by atoms with Crippen LogP contribution in [-0.4, -0.2) is 24.0 Å². The van der Waals surface area contributed by atoms with Crippen LogP contribution in [0.4, 0.5) is 17.1 Å². The van der Waals surface area contributed by atoms with Gasteiger partial charge in [0.25, 0.3) is 0 Å². The van der Waals surface area contributed by atoms with Crippen LogP contribution in [0.2, 0.25) is 10.0 Å². The average molecular weight is 527 g/mol. The van der Waals surface area contributed by atoms with Gasteiger partial charge >= 0.3 is 0 Å². The van der Waals surface area contributed by atoms with Crippen LogP contribution in [0.5, 0.6) is 0 Å². The molecular formula is C26H24Cl2N4O2S. The summed E-state index contributed by atoms with van der Waals surface area (Å²) in [5.41, 5.74) is 7.19. The molecule has 9 heteroatoms. The molecule has 1 aromatic heterocycles. The molecule has 0 spiro atoms. The molecule has 2 amide bonds. The molecular weight excluding hydrogens is 503 g/mol. The fourth-order valence-electron chi connectivity index (χ4n) is 5.61. The zero-order chi connectivity index (χ0) is 24.3. The van der Waals surface area contributed by atoms with Crippen molar-refractivity contribution in [3.63, 3.8) is 0 Å². The van der Waals surface area contributed by atoms with E-state index in [2.05, 4.69) is 10.6 Å². The van der Waals surface area contributed by atoms with Crippen LogP contribution < -0.4 is 21.3 Å². The first kappa shape index (κ1) is 22.9. The standard InChI is InChI=1S/C26H24Cl2N4O2S/c27-15-4-3-5-17(10-15)31-24(33)22-21(20-11-16(28)13-35-20)23-25(34)32(19-7-2-1-6-18(19)29)26(22,23)30-12-14-8-9-14/h1-7,10-11,13-14,21-23,30H,8-9,12,29H2,(H,31,33)/t21?,22?,23-,26?/m1/s1. The molecule has 6 rings (SSSR count). The Bertz CT molecular complexity index is 1330. The van der Waals surface area contributed by atoms with E-state index in [0.717, 1.165) is 24.3 Å². The van der Waals surface area contributed by atoms with E-state index in [9.17, 15) is 9.59 Å². The van der Waals surface area contributed by atoms with E-state index in [1.54, 1.807) is 35.2 Å². The lowest BCUT2D eigenvalue weighted by Gasteiger charge is -2.71. The van der Waals surface area contributed by atoms with Crippen molar-refractivity contribution < 1.29 is 9.59 Å². The average Bonchev–Trinajstić information content (AvgIpc) is 3.54. The second-order valence-corrected chi connectivity index (χ2v) is 11.3. The highest BCUT2D eigenvalue weighted by Crippen LogP contribution is 2.66. The number of carbonyl (C=O) groups excluding carboxylic acids is 2. The van der Waals surface area contributed by atoms with Gasteiger partial charge in [0.2, 0.25) is 11.8 Å². The van der Waals surface area contributed by atoms with E-state index >= 15 is 0 Å². The number of fused-ring (bicyclic) bond motifs is 1. The summed E-state index contributed by atoms with van der Waals surface area (Å²) in [7, 11) is 0. The third kappa shape index (κ3) is 3.64. The fourth-order valence-corrected chi connectivity index (χ4v) is 7.06. The molecule has 35 heavy (non-hydrogen) atoms. The van der Waals surface area contributed by atoms with Crippen molar-refractivity contribution in [3.05, 3.63) is 74.9 Å². The number of anilines is 3. The summed E-state index contributed by atoms with van der Waals surface area (Å²) in [5.74, 6) is -0.863. The predicted molar refractivity (Wildman–Crippen MR) is 141 cm³/mol. The largest absolute Gasteiger partial charge is 0.397 e. The Labute approximate surface area is 217 Å². The first-order valence-corrected chi connectivity index (χ1v) is 13.3. The van der Waals surface area contributed by atoms with Gasteiger partial charge < -0.3 is 11.1 Å². The number of amides is 2. The molecule has 1 saturated heterocycles. The summed E-state index contributed by atoms with van der Waals surface area (Å²) in [6.07, 6.45) is 2.30. The Hall–Kier alpha value is -2.58. The van der Waals surface area contributed by atoms with Crippen molar-refractivity contribution in [1.82, 2.24) is 5.32 Å². The molecule has 2 aliphatic carbocycles. The maximum absolute atomic E-state index is 13.9. The number of nitrogens with one attached hydrogen (secondary N) is 2. The lowest BCUT2D eigenvalue weighted by molar-refractivity contribution is -0.167. The summed E-state index contributed by atoms with van der Waals surface area (Å²) >= 11 is 13.9. The van der Waals surface area contributed by atoms with Gasteiger partial charge in [-0.15, -0.1) is 11.3 Å². The van der Waals surface area contributed by atoms with Gasteiger partial charge in [0.05, 0.1) is 28.2 Å². The lowest BCUT2D eigenvalue weighted by Crippen LogP contribution is -2.90. The Morgan fingerprint density at radius 3 is 2.60 bits per heavy atom. The maximum Gasteiger partial charge on any atom is 0.236 e.